The number of halogens is 5. The molecule has 1 N–H and O–H groups in total. The molecule has 0 bridgehead atoms. The summed E-state index contributed by atoms with van der Waals surface area (Å²) in [7, 11) is 0. The van der Waals surface area contributed by atoms with Crippen LogP contribution in [0.5, 0.6) is 0 Å². The van der Waals surface area contributed by atoms with Crippen LogP contribution < -0.4 is 5.32 Å². The number of hydrogen-bond donors (Lipinski definition) is 1. The molecule has 1 aromatic heterocycles. The Balaban J connectivity index is 1.64. The van der Waals surface area contributed by atoms with E-state index in [0.717, 1.165) is 28.6 Å². The zero-order valence-corrected chi connectivity index (χ0v) is 17.0. The molecule has 3 rings (SSSR count). The van der Waals surface area contributed by atoms with Crippen LogP contribution >= 0.6 is 34.5 Å². The highest BCUT2D eigenvalue weighted by Crippen LogP contribution is 2.30. The van der Waals surface area contributed by atoms with Crippen molar-refractivity contribution in [2.45, 2.75) is 12.6 Å². The summed E-state index contributed by atoms with van der Waals surface area (Å²) in [6.45, 7) is 0. The van der Waals surface area contributed by atoms with Crippen molar-refractivity contribution in [3.63, 3.8) is 0 Å². The van der Waals surface area contributed by atoms with Gasteiger partial charge in [0.1, 0.15) is 0 Å². The maximum Gasteiger partial charge on any atom is 0.416 e. The Bertz CT molecular complexity index is 1040. The molecule has 0 spiro atoms. The summed E-state index contributed by atoms with van der Waals surface area (Å²) in [5.41, 5.74) is 0.257. The number of aromatic nitrogens is 1. The number of nitrogens with zero attached hydrogens (tertiary/aromatic N) is 1. The molecule has 0 atom stereocenters. The Morgan fingerprint density at radius 3 is 2.52 bits per heavy atom. The molecule has 3 nitrogen and oxygen atoms in total. The second kappa shape index (κ2) is 8.98. The SMILES string of the molecule is O=C(/C=C/c1cccc(C(F)(F)F)c1)Nc1ncc(Cc2c(Cl)cccc2Cl)s1. The predicted molar refractivity (Wildman–Crippen MR) is 110 cm³/mol. The van der Waals surface area contributed by atoms with E-state index in [-0.39, 0.29) is 5.56 Å². The highest BCUT2D eigenvalue weighted by molar-refractivity contribution is 7.15. The summed E-state index contributed by atoms with van der Waals surface area (Å²) in [6, 6.07) is 9.94. The maximum atomic E-state index is 12.7. The number of amides is 1. The summed E-state index contributed by atoms with van der Waals surface area (Å²) < 4.78 is 38.2. The first-order valence-electron chi connectivity index (χ1n) is 8.26. The number of thiazole rings is 1. The van der Waals surface area contributed by atoms with Gasteiger partial charge in [-0.2, -0.15) is 13.2 Å². The highest BCUT2D eigenvalue weighted by Gasteiger charge is 2.30. The molecule has 0 aliphatic carbocycles. The number of hydrogen-bond acceptors (Lipinski definition) is 3. The average molecular weight is 457 g/mol. The summed E-state index contributed by atoms with van der Waals surface area (Å²) in [5.74, 6) is -0.501. The third-order valence-corrected chi connectivity index (χ3v) is 5.46. The van der Waals surface area contributed by atoms with Crippen LogP contribution in [0, 0.1) is 0 Å². The first-order valence-corrected chi connectivity index (χ1v) is 9.83. The van der Waals surface area contributed by atoms with E-state index in [2.05, 4.69) is 10.3 Å². The molecule has 1 heterocycles. The van der Waals surface area contributed by atoms with Gasteiger partial charge in [-0.05, 0) is 41.5 Å². The van der Waals surface area contributed by atoms with E-state index in [0.29, 0.717) is 21.6 Å². The van der Waals surface area contributed by atoms with Gasteiger partial charge in [0.25, 0.3) is 0 Å². The van der Waals surface area contributed by atoms with Crippen molar-refractivity contribution in [3.8, 4) is 0 Å². The van der Waals surface area contributed by atoms with Gasteiger partial charge in [0, 0.05) is 33.6 Å². The van der Waals surface area contributed by atoms with E-state index in [1.54, 1.807) is 24.4 Å². The molecule has 1 amide bonds. The van der Waals surface area contributed by atoms with Gasteiger partial charge in [0.15, 0.2) is 5.13 Å². The highest BCUT2D eigenvalue weighted by atomic mass is 35.5. The van der Waals surface area contributed by atoms with Crippen molar-refractivity contribution in [1.29, 1.82) is 0 Å². The molecule has 2 aromatic carbocycles. The molecule has 150 valence electrons. The molecule has 0 radical (unpaired) electrons. The van der Waals surface area contributed by atoms with Crippen LogP contribution in [0.25, 0.3) is 6.08 Å². The molecular formula is C20H13Cl2F3N2OS. The number of anilines is 1. The van der Waals surface area contributed by atoms with Crippen LogP contribution in [0.4, 0.5) is 18.3 Å². The van der Waals surface area contributed by atoms with Crippen molar-refractivity contribution in [2.75, 3.05) is 5.32 Å². The van der Waals surface area contributed by atoms with Gasteiger partial charge in [-0.3, -0.25) is 10.1 Å². The van der Waals surface area contributed by atoms with E-state index >= 15 is 0 Å². The van der Waals surface area contributed by atoms with Crippen LogP contribution in [-0.2, 0) is 17.4 Å². The number of alkyl halides is 3. The van der Waals surface area contributed by atoms with Crippen molar-refractivity contribution >= 4 is 51.7 Å². The summed E-state index contributed by atoms with van der Waals surface area (Å²) in [6.07, 6.45) is 0.0978. The molecule has 29 heavy (non-hydrogen) atoms. The fraction of sp³-hybridized carbons (Fsp3) is 0.100. The Labute approximate surface area is 178 Å². The average Bonchev–Trinajstić information content (AvgIpc) is 3.10. The lowest BCUT2D eigenvalue weighted by atomic mass is 10.1. The maximum absolute atomic E-state index is 12.7. The van der Waals surface area contributed by atoms with E-state index in [1.165, 1.54) is 29.5 Å². The second-order valence-electron chi connectivity index (χ2n) is 5.95. The van der Waals surface area contributed by atoms with Crippen molar-refractivity contribution in [3.05, 3.63) is 86.4 Å². The fourth-order valence-corrected chi connectivity index (χ4v) is 3.82. The second-order valence-corrected chi connectivity index (χ2v) is 7.88. The minimum atomic E-state index is -4.44. The molecule has 0 saturated heterocycles. The molecule has 0 fully saturated rings. The normalized spacial score (nSPS) is 11.8. The third-order valence-electron chi connectivity index (χ3n) is 3.84. The Morgan fingerprint density at radius 2 is 1.83 bits per heavy atom. The number of nitrogens with one attached hydrogen (secondary N) is 1. The minimum absolute atomic E-state index is 0.267. The molecule has 0 aliphatic rings. The molecular weight excluding hydrogens is 444 g/mol. The Hall–Kier alpha value is -2.35. The number of rotatable bonds is 5. The largest absolute Gasteiger partial charge is 0.416 e. The van der Waals surface area contributed by atoms with Crippen LogP contribution in [0.1, 0.15) is 21.6 Å². The fourth-order valence-electron chi connectivity index (χ4n) is 2.46. The molecule has 3 aromatic rings. The monoisotopic (exact) mass is 456 g/mol. The predicted octanol–water partition coefficient (Wildman–Crippen LogP) is 6.71. The lowest BCUT2D eigenvalue weighted by Gasteiger charge is -2.06. The van der Waals surface area contributed by atoms with Gasteiger partial charge >= 0.3 is 6.18 Å². The Morgan fingerprint density at radius 1 is 1.14 bits per heavy atom. The Kier molecular flexibility index (Phi) is 6.62. The van der Waals surface area contributed by atoms with Crippen molar-refractivity contribution in [1.82, 2.24) is 4.98 Å². The molecule has 0 saturated carbocycles. The lowest BCUT2D eigenvalue weighted by Crippen LogP contribution is -2.07. The van der Waals surface area contributed by atoms with Gasteiger partial charge in [-0.15, -0.1) is 11.3 Å². The number of benzene rings is 2. The van der Waals surface area contributed by atoms with Crippen LogP contribution in [0.15, 0.2) is 54.7 Å². The first-order chi connectivity index (χ1) is 13.7. The standard InChI is InChI=1S/C20H13Cl2F3N2OS/c21-16-5-2-6-17(22)15(16)10-14-11-26-19(29-14)27-18(28)8-7-12-3-1-4-13(9-12)20(23,24)25/h1-9,11H,10H2,(H,26,27,28)/b8-7+. The van der Waals surface area contributed by atoms with Gasteiger partial charge in [-0.25, -0.2) is 4.98 Å². The van der Waals surface area contributed by atoms with E-state index in [9.17, 15) is 18.0 Å². The number of carbonyl (C=O) groups excluding carboxylic acids is 1. The summed E-state index contributed by atoms with van der Waals surface area (Å²) in [5, 5.41) is 4.03. The zero-order chi connectivity index (χ0) is 21.0. The summed E-state index contributed by atoms with van der Waals surface area (Å²) in [4.78, 5) is 17.0. The quantitative estimate of drug-likeness (QED) is 0.433. The van der Waals surface area contributed by atoms with E-state index in [4.69, 9.17) is 23.2 Å². The lowest BCUT2D eigenvalue weighted by molar-refractivity contribution is -0.137. The summed E-state index contributed by atoms with van der Waals surface area (Å²) >= 11 is 13.6. The van der Waals surface area contributed by atoms with Gasteiger partial charge in [0.2, 0.25) is 5.91 Å². The van der Waals surface area contributed by atoms with Gasteiger partial charge in [0.05, 0.1) is 5.56 Å². The van der Waals surface area contributed by atoms with Crippen LogP contribution in [0.3, 0.4) is 0 Å². The van der Waals surface area contributed by atoms with Gasteiger partial charge in [-0.1, -0.05) is 41.4 Å². The third kappa shape index (κ3) is 5.82. The van der Waals surface area contributed by atoms with E-state index < -0.39 is 17.6 Å². The van der Waals surface area contributed by atoms with Crippen molar-refractivity contribution < 1.29 is 18.0 Å². The smallest absolute Gasteiger partial charge is 0.298 e. The molecule has 0 unspecified atom stereocenters. The topological polar surface area (TPSA) is 42.0 Å². The number of carbonyl (C=O) groups is 1. The van der Waals surface area contributed by atoms with Crippen LogP contribution in [0.2, 0.25) is 10.0 Å². The minimum Gasteiger partial charge on any atom is -0.298 e. The zero-order valence-electron chi connectivity index (χ0n) is 14.6. The van der Waals surface area contributed by atoms with Crippen LogP contribution in [-0.4, -0.2) is 10.9 Å². The van der Waals surface area contributed by atoms with Crippen molar-refractivity contribution in [2.24, 2.45) is 0 Å². The first kappa shape index (κ1) is 21.4. The molecule has 0 aliphatic heterocycles. The molecule has 9 heteroatoms. The van der Waals surface area contributed by atoms with Gasteiger partial charge < -0.3 is 0 Å². The van der Waals surface area contributed by atoms with E-state index in [1.807, 2.05) is 0 Å².